The van der Waals surface area contributed by atoms with Gasteiger partial charge >= 0.3 is 0 Å². The highest BCUT2D eigenvalue weighted by atomic mass is 35.5. The first-order valence-corrected chi connectivity index (χ1v) is 5.29. The third-order valence-corrected chi connectivity index (χ3v) is 2.32. The standard InChI is InChI=1S/C11H20ClNO/c1-5-13-8-9(2)6-7-11(12)10(3)14-4/h7,9,13H,3,5-6,8H2,1-2,4H3/b11-7+. The Morgan fingerprint density at radius 3 is 2.79 bits per heavy atom. The van der Waals surface area contributed by atoms with E-state index in [1.165, 1.54) is 0 Å². The first-order valence-electron chi connectivity index (χ1n) is 4.91. The predicted octanol–water partition coefficient (Wildman–Crippen LogP) is 2.90. The van der Waals surface area contributed by atoms with Gasteiger partial charge in [-0.05, 0) is 25.4 Å². The lowest BCUT2D eigenvalue weighted by molar-refractivity contribution is 0.306. The molecule has 0 aromatic rings. The van der Waals surface area contributed by atoms with E-state index in [9.17, 15) is 0 Å². The molecule has 2 nitrogen and oxygen atoms in total. The molecule has 0 radical (unpaired) electrons. The summed E-state index contributed by atoms with van der Waals surface area (Å²) in [4.78, 5) is 0. The van der Waals surface area contributed by atoms with Crippen LogP contribution in [0.5, 0.6) is 0 Å². The third kappa shape index (κ3) is 6.06. The summed E-state index contributed by atoms with van der Waals surface area (Å²) < 4.78 is 4.92. The van der Waals surface area contributed by atoms with Crippen LogP contribution in [0.15, 0.2) is 23.4 Å². The van der Waals surface area contributed by atoms with Crippen molar-refractivity contribution in [2.24, 2.45) is 5.92 Å². The lowest BCUT2D eigenvalue weighted by Gasteiger charge is -2.09. The van der Waals surface area contributed by atoms with E-state index in [0.717, 1.165) is 19.5 Å². The molecule has 0 amide bonds. The van der Waals surface area contributed by atoms with E-state index in [2.05, 4.69) is 25.7 Å². The summed E-state index contributed by atoms with van der Waals surface area (Å²) in [7, 11) is 1.57. The van der Waals surface area contributed by atoms with Gasteiger partial charge in [-0.1, -0.05) is 38.1 Å². The number of allylic oxidation sites excluding steroid dienone is 2. The second kappa shape index (κ2) is 7.89. The second-order valence-corrected chi connectivity index (χ2v) is 3.74. The third-order valence-electron chi connectivity index (χ3n) is 1.96. The average Bonchev–Trinajstić information content (AvgIpc) is 2.21. The lowest BCUT2D eigenvalue weighted by Crippen LogP contribution is -2.20. The molecule has 0 spiro atoms. The van der Waals surface area contributed by atoms with Crippen LogP contribution < -0.4 is 5.32 Å². The Bertz CT molecular complexity index is 201. The number of rotatable bonds is 7. The Labute approximate surface area is 92.0 Å². The molecule has 1 N–H and O–H groups in total. The maximum atomic E-state index is 5.93. The summed E-state index contributed by atoms with van der Waals surface area (Å²) in [6, 6.07) is 0. The molecule has 0 saturated heterocycles. The van der Waals surface area contributed by atoms with Crippen molar-refractivity contribution >= 4 is 11.6 Å². The Morgan fingerprint density at radius 1 is 1.64 bits per heavy atom. The molecule has 0 fully saturated rings. The van der Waals surface area contributed by atoms with Gasteiger partial charge in [0.05, 0.1) is 12.1 Å². The zero-order valence-corrected chi connectivity index (χ0v) is 10.0. The van der Waals surface area contributed by atoms with Gasteiger partial charge in [-0.25, -0.2) is 0 Å². The second-order valence-electron chi connectivity index (χ2n) is 3.33. The van der Waals surface area contributed by atoms with Crippen LogP contribution in [0.3, 0.4) is 0 Å². The van der Waals surface area contributed by atoms with Crippen LogP contribution in [-0.2, 0) is 4.74 Å². The van der Waals surface area contributed by atoms with Crippen molar-refractivity contribution in [2.45, 2.75) is 20.3 Å². The smallest absolute Gasteiger partial charge is 0.129 e. The maximum absolute atomic E-state index is 5.93. The Kier molecular flexibility index (Phi) is 7.63. The molecule has 0 rings (SSSR count). The monoisotopic (exact) mass is 217 g/mol. The zero-order chi connectivity index (χ0) is 11.0. The van der Waals surface area contributed by atoms with E-state index < -0.39 is 0 Å². The molecule has 0 heterocycles. The van der Waals surface area contributed by atoms with Gasteiger partial charge in [0, 0.05) is 0 Å². The van der Waals surface area contributed by atoms with Crippen molar-refractivity contribution in [1.29, 1.82) is 0 Å². The quantitative estimate of drug-likeness (QED) is 0.523. The SMILES string of the molecule is C=C(OC)/C(Cl)=C\CC(C)CNCC. The van der Waals surface area contributed by atoms with Gasteiger partial charge in [0.1, 0.15) is 5.76 Å². The fourth-order valence-corrected chi connectivity index (χ4v) is 1.16. The fraction of sp³-hybridized carbons (Fsp3) is 0.636. The molecule has 0 aliphatic carbocycles. The first kappa shape index (κ1) is 13.5. The largest absolute Gasteiger partial charge is 0.496 e. The van der Waals surface area contributed by atoms with Crippen molar-refractivity contribution in [3.8, 4) is 0 Å². The topological polar surface area (TPSA) is 21.3 Å². The van der Waals surface area contributed by atoms with Crippen LogP contribution in [0.25, 0.3) is 0 Å². The lowest BCUT2D eigenvalue weighted by atomic mass is 10.1. The minimum absolute atomic E-state index is 0.530. The van der Waals surface area contributed by atoms with Gasteiger partial charge in [-0.15, -0.1) is 0 Å². The Hall–Kier alpha value is -0.470. The minimum Gasteiger partial charge on any atom is -0.496 e. The highest BCUT2D eigenvalue weighted by Crippen LogP contribution is 2.15. The predicted molar refractivity (Wildman–Crippen MR) is 62.4 cm³/mol. The van der Waals surface area contributed by atoms with Gasteiger partial charge in [-0.3, -0.25) is 0 Å². The molecule has 3 heteroatoms. The molecule has 0 aliphatic heterocycles. The number of nitrogens with one attached hydrogen (secondary N) is 1. The van der Waals surface area contributed by atoms with Gasteiger partial charge < -0.3 is 10.1 Å². The van der Waals surface area contributed by atoms with Gasteiger partial charge in [0.25, 0.3) is 0 Å². The van der Waals surface area contributed by atoms with Crippen LogP contribution >= 0.6 is 11.6 Å². The van der Waals surface area contributed by atoms with Crippen molar-refractivity contribution in [2.75, 3.05) is 20.2 Å². The average molecular weight is 218 g/mol. The van der Waals surface area contributed by atoms with Crippen molar-refractivity contribution in [3.05, 3.63) is 23.4 Å². The molecule has 82 valence electrons. The van der Waals surface area contributed by atoms with Crippen LogP contribution in [0.1, 0.15) is 20.3 Å². The summed E-state index contributed by atoms with van der Waals surface area (Å²) in [5, 5.41) is 3.90. The Balaban J connectivity index is 3.83. The summed E-state index contributed by atoms with van der Waals surface area (Å²) in [6.45, 7) is 9.97. The molecule has 14 heavy (non-hydrogen) atoms. The molecule has 1 atom stereocenters. The minimum atomic E-state index is 0.530. The van der Waals surface area contributed by atoms with Crippen molar-refractivity contribution < 1.29 is 4.74 Å². The van der Waals surface area contributed by atoms with Crippen molar-refractivity contribution in [1.82, 2.24) is 5.32 Å². The molecular weight excluding hydrogens is 198 g/mol. The van der Waals surface area contributed by atoms with E-state index >= 15 is 0 Å². The highest BCUT2D eigenvalue weighted by Gasteiger charge is 2.01. The maximum Gasteiger partial charge on any atom is 0.129 e. The summed E-state index contributed by atoms with van der Waals surface area (Å²) >= 11 is 5.93. The summed E-state index contributed by atoms with van der Waals surface area (Å²) in [5.41, 5.74) is 0. The number of hydrogen-bond donors (Lipinski definition) is 1. The molecule has 0 aromatic carbocycles. The number of ether oxygens (including phenoxy) is 1. The first-order chi connectivity index (χ1) is 6.61. The normalized spacial score (nSPS) is 13.9. The van der Waals surface area contributed by atoms with Gasteiger partial charge in [0.15, 0.2) is 0 Å². The Morgan fingerprint density at radius 2 is 2.29 bits per heavy atom. The van der Waals surface area contributed by atoms with Gasteiger partial charge in [0.2, 0.25) is 0 Å². The fourth-order valence-electron chi connectivity index (χ4n) is 0.990. The molecular formula is C11H20ClNO. The number of methoxy groups -OCH3 is 1. The van der Waals surface area contributed by atoms with Crippen LogP contribution in [-0.4, -0.2) is 20.2 Å². The molecule has 1 unspecified atom stereocenters. The van der Waals surface area contributed by atoms with Crippen LogP contribution in [0, 0.1) is 5.92 Å². The van der Waals surface area contributed by atoms with E-state index in [4.69, 9.17) is 16.3 Å². The van der Waals surface area contributed by atoms with Gasteiger partial charge in [-0.2, -0.15) is 0 Å². The summed E-state index contributed by atoms with van der Waals surface area (Å²) in [6.07, 6.45) is 2.89. The van der Waals surface area contributed by atoms with Crippen molar-refractivity contribution in [3.63, 3.8) is 0 Å². The highest BCUT2D eigenvalue weighted by molar-refractivity contribution is 6.31. The molecule has 0 aliphatic rings. The molecule has 0 bridgehead atoms. The molecule has 0 saturated carbocycles. The van der Waals surface area contributed by atoms with E-state index in [-0.39, 0.29) is 0 Å². The summed E-state index contributed by atoms with van der Waals surface area (Å²) in [5.74, 6) is 1.11. The number of halogens is 1. The molecule has 0 aromatic heterocycles. The number of hydrogen-bond acceptors (Lipinski definition) is 2. The van der Waals surface area contributed by atoms with E-state index in [1.807, 2.05) is 6.08 Å². The van der Waals surface area contributed by atoms with Crippen LogP contribution in [0.4, 0.5) is 0 Å². The van der Waals surface area contributed by atoms with E-state index in [0.29, 0.717) is 16.7 Å². The zero-order valence-electron chi connectivity index (χ0n) is 9.27. The van der Waals surface area contributed by atoms with E-state index in [1.54, 1.807) is 7.11 Å². The van der Waals surface area contributed by atoms with Crippen LogP contribution in [0.2, 0.25) is 0 Å².